The van der Waals surface area contributed by atoms with Crippen molar-refractivity contribution in [1.82, 2.24) is 18.7 Å². The second kappa shape index (κ2) is 6.58. The van der Waals surface area contributed by atoms with E-state index in [1.54, 1.807) is 11.8 Å². The molecule has 1 saturated heterocycles. The van der Waals surface area contributed by atoms with E-state index in [9.17, 15) is 13.2 Å². The maximum atomic E-state index is 12.7. The molecule has 23 heavy (non-hydrogen) atoms. The number of piperazine rings is 1. The van der Waals surface area contributed by atoms with Crippen LogP contribution in [0.2, 0.25) is 0 Å². The Hall–Kier alpha value is -1.45. The first-order chi connectivity index (χ1) is 10.7. The number of nitrogens with zero attached hydrogens (tertiary/aromatic N) is 4. The van der Waals surface area contributed by atoms with Gasteiger partial charge in [0, 0.05) is 46.2 Å². The van der Waals surface area contributed by atoms with Gasteiger partial charge >= 0.3 is 0 Å². The molecule has 0 unspecified atom stereocenters. The van der Waals surface area contributed by atoms with Gasteiger partial charge < -0.3 is 9.42 Å². The summed E-state index contributed by atoms with van der Waals surface area (Å²) in [5, 5.41) is 3.90. The van der Waals surface area contributed by atoms with Crippen LogP contribution in [0.25, 0.3) is 0 Å². The lowest BCUT2D eigenvalue weighted by Crippen LogP contribution is -2.53. The van der Waals surface area contributed by atoms with Crippen LogP contribution >= 0.6 is 0 Å². The monoisotopic (exact) mass is 344 g/mol. The third-order valence-corrected chi connectivity index (χ3v) is 5.88. The second-order valence-corrected chi connectivity index (χ2v) is 8.29. The van der Waals surface area contributed by atoms with Gasteiger partial charge in [0.2, 0.25) is 0 Å². The molecule has 2 rings (SSSR count). The standard InChI is InChI=1S/C14H24N4O4S/c1-10(2)13-12(11(3)15-22-13)14(19)17-6-8-18(9-7-17)23(20,21)16(4)5/h10H,6-9H2,1-5H3. The van der Waals surface area contributed by atoms with Crippen molar-refractivity contribution in [2.75, 3.05) is 40.3 Å². The molecule has 1 amide bonds. The van der Waals surface area contributed by atoms with E-state index in [4.69, 9.17) is 4.52 Å². The quantitative estimate of drug-likeness (QED) is 0.801. The van der Waals surface area contributed by atoms with Crippen molar-refractivity contribution in [3.05, 3.63) is 17.0 Å². The van der Waals surface area contributed by atoms with Crippen LogP contribution in [-0.2, 0) is 10.2 Å². The summed E-state index contributed by atoms with van der Waals surface area (Å²) in [6.45, 7) is 6.91. The van der Waals surface area contributed by atoms with Gasteiger partial charge in [0.1, 0.15) is 5.56 Å². The topological polar surface area (TPSA) is 87.0 Å². The molecule has 0 aliphatic carbocycles. The fourth-order valence-electron chi connectivity index (χ4n) is 2.55. The molecule has 0 spiro atoms. The molecule has 0 atom stereocenters. The van der Waals surface area contributed by atoms with Crippen LogP contribution in [0.15, 0.2) is 4.52 Å². The van der Waals surface area contributed by atoms with Crippen LogP contribution in [-0.4, -0.2) is 73.3 Å². The van der Waals surface area contributed by atoms with Crippen molar-refractivity contribution in [3.63, 3.8) is 0 Å². The molecule has 1 aliphatic heterocycles. The van der Waals surface area contributed by atoms with Gasteiger partial charge in [-0.15, -0.1) is 0 Å². The summed E-state index contributed by atoms with van der Waals surface area (Å²) >= 11 is 0. The van der Waals surface area contributed by atoms with Gasteiger partial charge in [-0.25, -0.2) is 0 Å². The first kappa shape index (κ1) is 17.9. The summed E-state index contributed by atoms with van der Waals surface area (Å²) in [5.41, 5.74) is 1.07. The highest BCUT2D eigenvalue weighted by Gasteiger charge is 2.33. The molecule has 0 bridgehead atoms. The average molecular weight is 344 g/mol. The smallest absolute Gasteiger partial charge is 0.281 e. The Bertz CT molecular complexity index is 673. The summed E-state index contributed by atoms with van der Waals surface area (Å²) in [6.07, 6.45) is 0. The molecule has 130 valence electrons. The van der Waals surface area contributed by atoms with E-state index >= 15 is 0 Å². The molecule has 1 aromatic heterocycles. The Labute approximate surface area is 137 Å². The fourth-order valence-corrected chi connectivity index (χ4v) is 3.64. The van der Waals surface area contributed by atoms with Crippen molar-refractivity contribution >= 4 is 16.1 Å². The zero-order chi connectivity index (χ0) is 17.4. The van der Waals surface area contributed by atoms with E-state index in [0.717, 1.165) is 0 Å². The molecular weight excluding hydrogens is 320 g/mol. The number of rotatable bonds is 4. The first-order valence-corrected chi connectivity index (χ1v) is 8.99. The second-order valence-electron chi connectivity index (χ2n) is 6.14. The molecule has 1 aliphatic rings. The lowest BCUT2D eigenvalue weighted by atomic mass is 10.0. The molecule has 1 aromatic rings. The van der Waals surface area contributed by atoms with Crippen LogP contribution in [0.4, 0.5) is 0 Å². The van der Waals surface area contributed by atoms with Crippen LogP contribution in [0.1, 0.15) is 41.6 Å². The molecular formula is C14H24N4O4S. The Balaban J connectivity index is 2.12. The van der Waals surface area contributed by atoms with Crippen molar-refractivity contribution in [2.45, 2.75) is 26.7 Å². The number of aryl methyl sites for hydroxylation is 1. The Morgan fingerprint density at radius 2 is 1.78 bits per heavy atom. The lowest BCUT2D eigenvalue weighted by molar-refractivity contribution is 0.0691. The molecule has 9 heteroatoms. The third kappa shape index (κ3) is 3.41. The largest absolute Gasteiger partial charge is 0.360 e. The Morgan fingerprint density at radius 3 is 2.26 bits per heavy atom. The predicted molar refractivity (Wildman–Crippen MR) is 85.4 cm³/mol. The van der Waals surface area contributed by atoms with E-state index in [2.05, 4.69) is 5.16 Å². The number of amides is 1. The maximum absolute atomic E-state index is 12.7. The van der Waals surface area contributed by atoms with Gasteiger partial charge in [-0.2, -0.15) is 17.0 Å². The summed E-state index contributed by atoms with van der Waals surface area (Å²) < 4.78 is 32.1. The first-order valence-electron chi connectivity index (χ1n) is 7.59. The van der Waals surface area contributed by atoms with Crippen LogP contribution in [0.5, 0.6) is 0 Å². The normalized spacial score (nSPS) is 17.3. The molecule has 0 aromatic carbocycles. The van der Waals surface area contributed by atoms with Gasteiger partial charge in [-0.3, -0.25) is 4.79 Å². The van der Waals surface area contributed by atoms with Crippen LogP contribution < -0.4 is 0 Å². The van der Waals surface area contributed by atoms with E-state index in [0.29, 0.717) is 30.1 Å². The number of aromatic nitrogens is 1. The highest BCUT2D eigenvalue weighted by molar-refractivity contribution is 7.86. The zero-order valence-corrected chi connectivity index (χ0v) is 15.1. The number of hydrogen-bond donors (Lipinski definition) is 0. The lowest BCUT2D eigenvalue weighted by Gasteiger charge is -2.35. The minimum absolute atomic E-state index is 0.0607. The van der Waals surface area contributed by atoms with Gasteiger partial charge in [-0.1, -0.05) is 19.0 Å². The highest BCUT2D eigenvalue weighted by atomic mass is 32.2. The molecule has 0 N–H and O–H groups in total. The van der Waals surface area contributed by atoms with E-state index < -0.39 is 10.2 Å². The minimum atomic E-state index is -3.43. The van der Waals surface area contributed by atoms with E-state index in [-0.39, 0.29) is 24.9 Å². The Kier molecular flexibility index (Phi) is 5.12. The summed E-state index contributed by atoms with van der Waals surface area (Å²) in [7, 11) is -0.430. The molecule has 8 nitrogen and oxygen atoms in total. The highest BCUT2D eigenvalue weighted by Crippen LogP contribution is 2.24. The summed E-state index contributed by atoms with van der Waals surface area (Å²) in [5.74, 6) is 0.496. The van der Waals surface area contributed by atoms with Crippen molar-refractivity contribution < 1.29 is 17.7 Å². The fraction of sp³-hybridized carbons (Fsp3) is 0.714. The van der Waals surface area contributed by atoms with E-state index in [1.807, 2.05) is 13.8 Å². The molecule has 0 saturated carbocycles. The average Bonchev–Trinajstić information content (AvgIpc) is 2.88. The molecule has 1 fully saturated rings. The maximum Gasteiger partial charge on any atom is 0.281 e. The van der Waals surface area contributed by atoms with Gasteiger partial charge in [0.25, 0.3) is 16.1 Å². The minimum Gasteiger partial charge on any atom is -0.360 e. The van der Waals surface area contributed by atoms with Gasteiger partial charge in [0.05, 0.1) is 5.69 Å². The van der Waals surface area contributed by atoms with Crippen molar-refractivity contribution in [3.8, 4) is 0 Å². The Morgan fingerprint density at radius 1 is 1.22 bits per heavy atom. The summed E-state index contributed by atoms with van der Waals surface area (Å²) in [4.78, 5) is 14.4. The van der Waals surface area contributed by atoms with Gasteiger partial charge in [0.15, 0.2) is 5.76 Å². The van der Waals surface area contributed by atoms with E-state index in [1.165, 1.54) is 22.7 Å². The van der Waals surface area contributed by atoms with Crippen LogP contribution in [0.3, 0.4) is 0 Å². The molecule has 0 radical (unpaired) electrons. The SMILES string of the molecule is Cc1noc(C(C)C)c1C(=O)N1CCN(S(=O)(=O)N(C)C)CC1. The van der Waals surface area contributed by atoms with Crippen molar-refractivity contribution in [2.24, 2.45) is 0 Å². The van der Waals surface area contributed by atoms with Crippen LogP contribution in [0, 0.1) is 6.92 Å². The summed E-state index contributed by atoms with van der Waals surface area (Å²) in [6, 6.07) is 0. The number of carbonyl (C=O) groups is 1. The molecule has 2 heterocycles. The number of hydrogen-bond acceptors (Lipinski definition) is 5. The van der Waals surface area contributed by atoms with Crippen molar-refractivity contribution in [1.29, 1.82) is 0 Å². The van der Waals surface area contributed by atoms with Gasteiger partial charge in [-0.05, 0) is 6.92 Å². The third-order valence-electron chi connectivity index (χ3n) is 3.94. The number of carbonyl (C=O) groups excluding carboxylic acids is 1. The zero-order valence-electron chi connectivity index (χ0n) is 14.2. The predicted octanol–water partition coefficient (Wildman–Crippen LogP) is 0.671.